The van der Waals surface area contributed by atoms with E-state index in [4.69, 9.17) is 4.74 Å². The molecule has 1 unspecified atom stereocenters. The number of nitrogens with zero attached hydrogens (tertiary/aromatic N) is 1. The quantitative estimate of drug-likeness (QED) is 0.838. The van der Waals surface area contributed by atoms with Crippen LogP contribution in [0.15, 0.2) is 28.2 Å². The lowest BCUT2D eigenvalue weighted by Crippen LogP contribution is -2.21. The third-order valence-electron chi connectivity index (χ3n) is 5.14. The van der Waals surface area contributed by atoms with Gasteiger partial charge in [0.1, 0.15) is 0 Å². The summed E-state index contributed by atoms with van der Waals surface area (Å²) < 4.78 is 5.41. The van der Waals surface area contributed by atoms with E-state index in [1.165, 1.54) is 32.1 Å². The average molecular weight is 290 g/mol. The largest absolute Gasteiger partial charge is 0.480 e. The smallest absolute Gasteiger partial charge is 0.236 e. The first-order valence-corrected chi connectivity index (χ1v) is 8.39. The third kappa shape index (κ3) is 3.90. The van der Waals surface area contributed by atoms with Crippen molar-refractivity contribution in [2.45, 2.75) is 52.4 Å². The Kier molecular flexibility index (Phi) is 5.89. The molecule has 0 bridgehead atoms. The second-order valence-electron chi connectivity index (χ2n) is 6.39. The number of likely N-dealkylation sites (N-methyl/N-ethyl adjacent to an activating group) is 1. The lowest BCUT2D eigenvalue weighted by atomic mass is 9.74. The fraction of sp³-hybridized carbons (Fsp3) is 0.722. The standard InChI is InChI=1S/C18H30N2O/c1-5-14-6-8-15(9-7-14)16-12-17(19-3)18(21-4)20-11-10-13(16)2/h11-15,19H,5-10H2,1-4H3/b16-12+,18-17-,20-11+/t13?,14-,15+. The molecule has 118 valence electrons. The highest BCUT2D eigenvalue weighted by atomic mass is 16.5. The number of aliphatic imine (C=N–C) groups is 1. The zero-order valence-electron chi connectivity index (χ0n) is 14.0. The maximum absolute atomic E-state index is 5.41. The second kappa shape index (κ2) is 7.67. The van der Waals surface area contributed by atoms with Gasteiger partial charge < -0.3 is 10.1 Å². The number of ether oxygens (including phenoxy) is 1. The zero-order valence-corrected chi connectivity index (χ0v) is 14.0. The summed E-state index contributed by atoms with van der Waals surface area (Å²) in [5.41, 5.74) is 2.59. The number of nitrogens with one attached hydrogen (secondary N) is 1. The van der Waals surface area contributed by atoms with E-state index in [1.807, 2.05) is 13.3 Å². The first-order valence-electron chi connectivity index (χ1n) is 8.39. The highest BCUT2D eigenvalue weighted by Crippen LogP contribution is 2.38. The number of hydrogen-bond donors (Lipinski definition) is 1. The van der Waals surface area contributed by atoms with E-state index in [0.717, 1.165) is 24.0 Å². The van der Waals surface area contributed by atoms with Crippen LogP contribution in [0.2, 0.25) is 0 Å². The molecule has 1 aliphatic carbocycles. The van der Waals surface area contributed by atoms with Gasteiger partial charge >= 0.3 is 0 Å². The van der Waals surface area contributed by atoms with Gasteiger partial charge in [0, 0.05) is 13.3 Å². The summed E-state index contributed by atoms with van der Waals surface area (Å²) in [6, 6.07) is 0. The van der Waals surface area contributed by atoms with Crippen molar-refractivity contribution in [3.05, 3.63) is 23.2 Å². The number of hydrogen-bond acceptors (Lipinski definition) is 3. The predicted molar refractivity (Wildman–Crippen MR) is 89.2 cm³/mol. The van der Waals surface area contributed by atoms with Crippen LogP contribution >= 0.6 is 0 Å². The Morgan fingerprint density at radius 2 is 2.00 bits per heavy atom. The number of rotatable bonds is 4. The molecular weight excluding hydrogens is 260 g/mol. The third-order valence-corrected chi connectivity index (χ3v) is 5.14. The summed E-state index contributed by atoms with van der Waals surface area (Å²) in [6.45, 7) is 4.65. The molecule has 0 aromatic rings. The minimum absolute atomic E-state index is 0.568. The summed E-state index contributed by atoms with van der Waals surface area (Å²) in [6.07, 6.45) is 12.1. The lowest BCUT2D eigenvalue weighted by molar-refractivity contribution is 0.277. The monoisotopic (exact) mass is 290 g/mol. The molecule has 1 heterocycles. The van der Waals surface area contributed by atoms with Gasteiger partial charge in [-0.25, -0.2) is 4.99 Å². The van der Waals surface area contributed by atoms with Crippen molar-refractivity contribution >= 4 is 6.21 Å². The molecule has 2 rings (SSSR count). The van der Waals surface area contributed by atoms with Crippen LogP contribution in [-0.4, -0.2) is 20.4 Å². The second-order valence-corrected chi connectivity index (χ2v) is 6.39. The van der Waals surface area contributed by atoms with Crippen LogP contribution in [0.5, 0.6) is 0 Å². The van der Waals surface area contributed by atoms with Gasteiger partial charge in [0.05, 0.1) is 12.8 Å². The highest BCUT2D eigenvalue weighted by molar-refractivity contribution is 5.61. The Balaban J connectivity index is 2.23. The molecule has 1 N–H and O–H groups in total. The zero-order chi connectivity index (χ0) is 15.2. The normalized spacial score (nSPS) is 37.9. The first kappa shape index (κ1) is 16.1. The van der Waals surface area contributed by atoms with E-state index in [9.17, 15) is 0 Å². The van der Waals surface area contributed by atoms with E-state index in [-0.39, 0.29) is 0 Å². The van der Waals surface area contributed by atoms with E-state index < -0.39 is 0 Å². The van der Waals surface area contributed by atoms with Gasteiger partial charge in [-0.3, -0.25) is 0 Å². The molecule has 0 spiro atoms. The Hall–Kier alpha value is -1.25. The molecule has 21 heavy (non-hydrogen) atoms. The topological polar surface area (TPSA) is 33.6 Å². The van der Waals surface area contributed by atoms with Gasteiger partial charge in [-0.2, -0.15) is 0 Å². The van der Waals surface area contributed by atoms with Crippen LogP contribution in [0, 0.1) is 17.8 Å². The maximum Gasteiger partial charge on any atom is 0.236 e. The molecule has 0 saturated heterocycles. The van der Waals surface area contributed by atoms with E-state index in [0.29, 0.717) is 11.8 Å². The molecule has 3 nitrogen and oxygen atoms in total. The van der Waals surface area contributed by atoms with Gasteiger partial charge in [0.15, 0.2) is 0 Å². The summed E-state index contributed by atoms with van der Waals surface area (Å²) >= 11 is 0. The van der Waals surface area contributed by atoms with Crippen molar-refractivity contribution in [1.82, 2.24) is 5.32 Å². The summed E-state index contributed by atoms with van der Waals surface area (Å²) in [7, 11) is 3.63. The molecule has 0 aromatic heterocycles. The van der Waals surface area contributed by atoms with Gasteiger partial charge in [-0.1, -0.05) is 25.8 Å². The van der Waals surface area contributed by atoms with Gasteiger partial charge in [-0.15, -0.1) is 0 Å². The fourth-order valence-corrected chi connectivity index (χ4v) is 3.64. The van der Waals surface area contributed by atoms with Crippen LogP contribution in [-0.2, 0) is 4.74 Å². The van der Waals surface area contributed by atoms with Crippen LogP contribution in [0.4, 0.5) is 0 Å². The Morgan fingerprint density at radius 1 is 1.29 bits per heavy atom. The van der Waals surface area contributed by atoms with Gasteiger partial charge in [-0.05, 0) is 55.9 Å². The molecule has 0 aromatic carbocycles. The lowest BCUT2D eigenvalue weighted by Gasteiger charge is -2.32. The first-order chi connectivity index (χ1) is 10.2. The fourth-order valence-electron chi connectivity index (χ4n) is 3.64. The molecule has 1 atom stereocenters. The molecule has 1 saturated carbocycles. The molecule has 0 radical (unpaired) electrons. The van der Waals surface area contributed by atoms with E-state index >= 15 is 0 Å². The summed E-state index contributed by atoms with van der Waals surface area (Å²) in [4.78, 5) is 4.43. The predicted octanol–water partition coefficient (Wildman–Crippen LogP) is 4.27. The molecule has 1 aliphatic heterocycles. The Bertz CT molecular complexity index is 428. The number of allylic oxidation sites excluding steroid dienone is 2. The minimum atomic E-state index is 0.568. The molecular formula is C18H30N2O. The minimum Gasteiger partial charge on any atom is -0.480 e. The van der Waals surface area contributed by atoms with Crippen LogP contribution in [0.25, 0.3) is 0 Å². The number of methoxy groups -OCH3 is 1. The molecule has 1 fully saturated rings. The highest BCUT2D eigenvalue weighted by Gasteiger charge is 2.26. The van der Waals surface area contributed by atoms with Crippen molar-refractivity contribution in [2.24, 2.45) is 22.7 Å². The maximum atomic E-state index is 5.41. The van der Waals surface area contributed by atoms with Crippen molar-refractivity contribution < 1.29 is 4.74 Å². The molecule has 2 aliphatic rings. The van der Waals surface area contributed by atoms with Crippen LogP contribution < -0.4 is 5.32 Å². The van der Waals surface area contributed by atoms with Crippen LogP contribution in [0.3, 0.4) is 0 Å². The van der Waals surface area contributed by atoms with E-state index in [2.05, 4.69) is 30.2 Å². The van der Waals surface area contributed by atoms with Crippen molar-refractivity contribution in [2.75, 3.05) is 14.2 Å². The molecule has 0 amide bonds. The average Bonchev–Trinajstić information content (AvgIpc) is 2.51. The van der Waals surface area contributed by atoms with Crippen molar-refractivity contribution in [3.63, 3.8) is 0 Å². The molecule has 3 heteroatoms. The van der Waals surface area contributed by atoms with Crippen molar-refractivity contribution in [3.8, 4) is 0 Å². The van der Waals surface area contributed by atoms with E-state index in [1.54, 1.807) is 12.7 Å². The summed E-state index contributed by atoms with van der Waals surface area (Å²) in [5.74, 6) is 2.94. The van der Waals surface area contributed by atoms with Crippen LogP contribution in [0.1, 0.15) is 52.4 Å². The van der Waals surface area contributed by atoms with Gasteiger partial charge in [0.25, 0.3) is 0 Å². The Morgan fingerprint density at radius 3 is 2.57 bits per heavy atom. The Labute approximate surface area is 129 Å². The van der Waals surface area contributed by atoms with Crippen molar-refractivity contribution in [1.29, 1.82) is 0 Å². The van der Waals surface area contributed by atoms with Gasteiger partial charge in [0.2, 0.25) is 5.88 Å². The SMILES string of the molecule is CC[C@H]1CC[C@@H](/C2=C/C(NC)=C(OC)\N=C\CC2C)CC1. The summed E-state index contributed by atoms with van der Waals surface area (Å²) in [5, 5.41) is 3.25.